The van der Waals surface area contributed by atoms with Crippen LogP contribution in [0.25, 0.3) is 11.8 Å². The maximum Gasteiger partial charge on any atom is 0.333 e. The predicted octanol–water partition coefficient (Wildman–Crippen LogP) is 3.64. The van der Waals surface area contributed by atoms with Gasteiger partial charge in [-0.1, -0.05) is 18.2 Å². The van der Waals surface area contributed by atoms with Crippen LogP contribution in [-0.2, 0) is 4.79 Å². The number of urea groups is 1. The average molecular weight is 372 g/mol. The summed E-state index contributed by atoms with van der Waals surface area (Å²) < 4.78 is 1.97. The van der Waals surface area contributed by atoms with E-state index in [1.807, 2.05) is 72.2 Å². The number of nitrogens with one attached hydrogen (secondary N) is 1. The van der Waals surface area contributed by atoms with Crippen LogP contribution in [0.2, 0.25) is 0 Å². The summed E-state index contributed by atoms with van der Waals surface area (Å²) in [5.74, 6) is -0.369. The van der Waals surface area contributed by atoms with Gasteiger partial charge >= 0.3 is 6.03 Å². The molecule has 4 rings (SSSR count). The van der Waals surface area contributed by atoms with Gasteiger partial charge in [0.05, 0.1) is 5.69 Å². The van der Waals surface area contributed by atoms with Gasteiger partial charge in [0, 0.05) is 37.4 Å². The van der Waals surface area contributed by atoms with Crippen LogP contribution in [0.4, 0.5) is 16.2 Å². The van der Waals surface area contributed by atoms with Gasteiger partial charge < -0.3 is 14.8 Å². The van der Waals surface area contributed by atoms with Crippen molar-refractivity contribution in [2.45, 2.75) is 0 Å². The molecule has 0 bridgehead atoms. The van der Waals surface area contributed by atoms with Crippen molar-refractivity contribution in [3.05, 3.63) is 84.3 Å². The zero-order valence-corrected chi connectivity index (χ0v) is 15.7. The standard InChI is InChI=1S/C22H20N4O2/c1-24(2)16-10-12-17(13-11-16)25-14-6-9-19(25)15-20-21(27)26(22(28)23-20)18-7-4-3-5-8-18/h3-15H,1-2H3,(H,23,28)/b20-15+. The molecule has 1 N–H and O–H groups in total. The summed E-state index contributed by atoms with van der Waals surface area (Å²) in [4.78, 5) is 28.3. The molecule has 6 nitrogen and oxygen atoms in total. The number of nitrogens with zero attached hydrogens (tertiary/aromatic N) is 3. The third kappa shape index (κ3) is 3.16. The van der Waals surface area contributed by atoms with Crippen LogP contribution in [0, 0.1) is 0 Å². The lowest BCUT2D eigenvalue weighted by Crippen LogP contribution is -2.30. The van der Waals surface area contributed by atoms with Crippen LogP contribution < -0.4 is 15.1 Å². The zero-order valence-electron chi connectivity index (χ0n) is 15.7. The first-order valence-corrected chi connectivity index (χ1v) is 8.92. The van der Waals surface area contributed by atoms with Crippen LogP contribution in [-0.4, -0.2) is 30.6 Å². The van der Waals surface area contributed by atoms with Gasteiger partial charge in [0.15, 0.2) is 0 Å². The summed E-state index contributed by atoms with van der Waals surface area (Å²) in [7, 11) is 3.99. The summed E-state index contributed by atoms with van der Waals surface area (Å²) in [6, 6.07) is 20.3. The molecule has 6 heteroatoms. The molecule has 0 aliphatic carbocycles. The first-order valence-electron chi connectivity index (χ1n) is 8.92. The largest absolute Gasteiger partial charge is 0.378 e. The van der Waals surface area contributed by atoms with E-state index in [1.54, 1.807) is 30.3 Å². The Morgan fingerprint density at radius 3 is 2.25 bits per heavy atom. The Kier molecular flexibility index (Phi) is 4.45. The minimum Gasteiger partial charge on any atom is -0.378 e. The van der Waals surface area contributed by atoms with E-state index in [2.05, 4.69) is 5.32 Å². The third-order valence-electron chi connectivity index (χ3n) is 4.61. The molecule has 2 heterocycles. The molecule has 2 aromatic carbocycles. The second-order valence-corrected chi connectivity index (χ2v) is 6.68. The first kappa shape index (κ1) is 17.6. The van der Waals surface area contributed by atoms with Crippen molar-refractivity contribution >= 4 is 29.4 Å². The lowest BCUT2D eigenvalue weighted by atomic mass is 10.2. The Morgan fingerprint density at radius 2 is 1.57 bits per heavy atom. The van der Waals surface area contributed by atoms with E-state index < -0.39 is 6.03 Å². The summed E-state index contributed by atoms with van der Waals surface area (Å²) in [6.07, 6.45) is 3.62. The third-order valence-corrected chi connectivity index (χ3v) is 4.61. The van der Waals surface area contributed by atoms with E-state index in [1.165, 1.54) is 0 Å². The molecule has 1 aliphatic rings. The van der Waals surface area contributed by atoms with Crippen molar-refractivity contribution in [1.29, 1.82) is 0 Å². The first-order chi connectivity index (χ1) is 13.5. The molecule has 1 aromatic heterocycles. The highest BCUT2D eigenvalue weighted by atomic mass is 16.2. The number of para-hydroxylation sites is 1. The van der Waals surface area contributed by atoms with Gasteiger partial charge in [0.2, 0.25) is 0 Å². The van der Waals surface area contributed by atoms with Gasteiger partial charge in [-0.25, -0.2) is 9.69 Å². The summed E-state index contributed by atoms with van der Waals surface area (Å²) in [5, 5.41) is 2.67. The fraction of sp³-hybridized carbons (Fsp3) is 0.0909. The predicted molar refractivity (Wildman–Crippen MR) is 111 cm³/mol. The number of amides is 3. The van der Waals surface area contributed by atoms with Crippen LogP contribution in [0.3, 0.4) is 0 Å². The van der Waals surface area contributed by atoms with E-state index in [0.29, 0.717) is 5.69 Å². The van der Waals surface area contributed by atoms with Crippen LogP contribution in [0.1, 0.15) is 5.69 Å². The number of imide groups is 1. The van der Waals surface area contributed by atoms with Gasteiger partial charge in [0.25, 0.3) is 5.91 Å². The molecule has 140 valence electrons. The molecule has 28 heavy (non-hydrogen) atoms. The van der Waals surface area contributed by atoms with E-state index in [-0.39, 0.29) is 11.6 Å². The number of anilines is 2. The Labute approximate surface area is 163 Å². The topological polar surface area (TPSA) is 57.6 Å². The minimum atomic E-state index is -0.448. The van der Waals surface area contributed by atoms with Crippen molar-refractivity contribution in [2.24, 2.45) is 0 Å². The normalized spacial score (nSPS) is 15.2. The second kappa shape index (κ2) is 7.08. The Morgan fingerprint density at radius 1 is 0.857 bits per heavy atom. The second-order valence-electron chi connectivity index (χ2n) is 6.68. The smallest absolute Gasteiger partial charge is 0.333 e. The van der Waals surface area contributed by atoms with E-state index in [0.717, 1.165) is 22.0 Å². The van der Waals surface area contributed by atoms with E-state index in [9.17, 15) is 9.59 Å². The highest BCUT2D eigenvalue weighted by Crippen LogP contribution is 2.23. The maximum atomic E-state index is 12.8. The molecule has 0 unspecified atom stereocenters. The number of hydrogen-bond acceptors (Lipinski definition) is 3. The van der Waals surface area contributed by atoms with Crippen molar-refractivity contribution in [2.75, 3.05) is 23.9 Å². The molecule has 3 amide bonds. The average Bonchev–Trinajstić information content (AvgIpc) is 3.27. The Bertz CT molecular complexity index is 1050. The van der Waals surface area contributed by atoms with Gasteiger partial charge in [-0.3, -0.25) is 4.79 Å². The highest BCUT2D eigenvalue weighted by Gasteiger charge is 2.34. The van der Waals surface area contributed by atoms with Crippen molar-refractivity contribution in [1.82, 2.24) is 9.88 Å². The molecule has 0 spiro atoms. The molecule has 0 saturated carbocycles. The lowest BCUT2D eigenvalue weighted by molar-refractivity contribution is -0.113. The highest BCUT2D eigenvalue weighted by molar-refractivity contribution is 6.28. The molecule has 0 atom stereocenters. The molecule has 0 radical (unpaired) electrons. The molecule has 1 aliphatic heterocycles. The van der Waals surface area contributed by atoms with Crippen molar-refractivity contribution in [3.63, 3.8) is 0 Å². The van der Waals surface area contributed by atoms with Crippen molar-refractivity contribution < 1.29 is 9.59 Å². The Balaban J connectivity index is 1.65. The molecule has 1 fully saturated rings. The van der Waals surface area contributed by atoms with Gasteiger partial charge in [-0.05, 0) is 54.6 Å². The molecular weight excluding hydrogens is 352 g/mol. The quantitative estimate of drug-likeness (QED) is 0.562. The summed E-state index contributed by atoms with van der Waals surface area (Å²) >= 11 is 0. The van der Waals surface area contributed by atoms with Crippen molar-refractivity contribution in [3.8, 4) is 5.69 Å². The van der Waals surface area contributed by atoms with E-state index in [4.69, 9.17) is 0 Å². The minimum absolute atomic E-state index is 0.249. The number of hydrogen-bond donors (Lipinski definition) is 1. The molecular formula is C22H20N4O2. The molecule has 1 saturated heterocycles. The summed E-state index contributed by atoms with van der Waals surface area (Å²) in [6.45, 7) is 0. The number of aromatic nitrogens is 1. The van der Waals surface area contributed by atoms with Gasteiger partial charge in [-0.15, -0.1) is 0 Å². The van der Waals surface area contributed by atoms with Crippen LogP contribution in [0.5, 0.6) is 0 Å². The Hall–Kier alpha value is -3.80. The number of carbonyl (C=O) groups excluding carboxylic acids is 2. The number of benzene rings is 2. The number of carbonyl (C=O) groups is 2. The van der Waals surface area contributed by atoms with Gasteiger partial charge in [0.1, 0.15) is 5.70 Å². The van der Waals surface area contributed by atoms with Gasteiger partial charge in [-0.2, -0.15) is 0 Å². The maximum absolute atomic E-state index is 12.8. The van der Waals surface area contributed by atoms with Crippen LogP contribution in [0.15, 0.2) is 78.6 Å². The lowest BCUT2D eigenvalue weighted by Gasteiger charge is -2.14. The SMILES string of the molecule is CN(C)c1ccc(-n2cccc2/C=C2/NC(=O)N(c3ccccc3)C2=O)cc1. The van der Waals surface area contributed by atoms with Crippen LogP contribution >= 0.6 is 0 Å². The summed E-state index contributed by atoms with van der Waals surface area (Å²) in [5.41, 5.74) is 3.67. The zero-order chi connectivity index (χ0) is 19.7. The fourth-order valence-corrected chi connectivity index (χ4v) is 3.15. The van der Waals surface area contributed by atoms with E-state index >= 15 is 0 Å². The number of rotatable bonds is 4. The molecule has 3 aromatic rings. The monoisotopic (exact) mass is 372 g/mol. The fourth-order valence-electron chi connectivity index (χ4n) is 3.15.